The Hall–Kier alpha value is -2.70. The number of nitrogens with one attached hydrogen (secondary N) is 2. The van der Waals surface area contributed by atoms with E-state index in [4.69, 9.17) is 5.11 Å². The predicted octanol–water partition coefficient (Wildman–Crippen LogP) is 2.20. The maximum atomic E-state index is 12.9. The molecule has 1 aromatic heterocycles. The van der Waals surface area contributed by atoms with Gasteiger partial charge in [0.15, 0.2) is 0 Å². The lowest BCUT2D eigenvalue weighted by Crippen LogP contribution is -2.33. The van der Waals surface area contributed by atoms with E-state index in [1.807, 2.05) is 0 Å². The van der Waals surface area contributed by atoms with Crippen LogP contribution in [-0.2, 0) is 4.79 Å². The summed E-state index contributed by atoms with van der Waals surface area (Å²) >= 11 is 0. The molecule has 7 heteroatoms. The van der Waals surface area contributed by atoms with Gasteiger partial charge >= 0.3 is 5.97 Å². The molecule has 0 radical (unpaired) electrons. The molecule has 23 heavy (non-hydrogen) atoms. The van der Waals surface area contributed by atoms with Crippen molar-refractivity contribution in [3.8, 4) is 11.3 Å². The van der Waals surface area contributed by atoms with E-state index < -0.39 is 11.9 Å². The highest BCUT2D eigenvalue weighted by atomic mass is 19.1. The summed E-state index contributed by atoms with van der Waals surface area (Å²) in [5, 5.41) is 18.5. The molecule has 1 amide bonds. The molecular formula is C16H16FN3O3. The van der Waals surface area contributed by atoms with Gasteiger partial charge in [-0.3, -0.25) is 14.7 Å². The van der Waals surface area contributed by atoms with Crippen LogP contribution < -0.4 is 5.32 Å². The van der Waals surface area contributed by atoms with Crippen LogP contribution >= 0.6 is 0 Å². The number of H-pyrrole nitrogens is 1. The molecule has 120 valence electrons. The fourth-order valence-corrected chi connectivity index (χ4v) is 2.81. The van der Waals surface area contributed by atoms with Crippen LogP contribution in [0.2, 0.25) is 0 Å². The van der Waals surface area contributed by atoms with E-state index >= 15 is 0 Å². The van der Waals surface area contributed by atoms with Crippen LogP contribution in [0.3, 0.4) is 0 Å². The first-order valence-electron chi connectivity index (χ1n) is 7.38. The fourth-order valence-electron chi connectivity index (χ4n) is 2.81. The standard InChI is InChI=1S/C16H16FN3O3/c17-11-4-1-9(2-5-11)13-8-14(20-19-13)15(21)18-12-6-3-10(7-12)16(22)23/h1-2,4-5,8,10,12H,3,6-7H2,(H,18,21)(H,19,20)(H,22,23)/t10-,12+/m1/s1. The summed E-state index contributed by atoms with van der Waals surface area (Å²) in [7, 11) is 0. The molecule has 2 atom stereocenters. The Bertz CT molecular complexity index is 726. The predicted molar refractivity (Wildman–Crippen MR) is 80.2 cm³/mol. The van der Waals surface area contributed by atoms with Crippen molar-refractivity contribution in [1.82, 2.24) is 15.5 Å². The summed E-state index contributed by atoms with van der Waals surface area (Å²) in [6.45, 7) is 0. The summed E-state index contributed by atoms with van der Waals surface area (Å²) in [6, 6.07) is 7.28. The molecule has 1 aliphatic carbocycles. The molecule has 2 aromatic rings. The van der Waals surface area contributed by atoms with Crippen LogP contribution in [0.4, 0.5) is 4.39 Å². The minimum atomic E-state index is -0.818. The second kappa shape index (κ2) is 6.20. The highest BCUT2D eigenvalue weighted by Crippen LogP contribution is 2.26. The smallest absolute Gasteiger partial charge is 0.306 e. The van der Waals surface area contributed by atoms with Crippen LogP contribution in [0.5, 0.6) is 0 Å². The van der Waals surface area contributed by atoms with Gasteiger partial charge in [-0.15, -0.1) is 0 Å². The number of rotatable bonds is 4. The monoisotopic (exact) mass is 317 g/mol. The largest absolute Gasteiger partial charge is 0.481 e. The molecule has 3 N–H and O–H groups in total. The zero-order valence-corrected chi connectivity index (χ0v) is 12.3. The van der Waals surface area contributed by atoms with Gasteiger partial charge < -0.3 is 10.4 Å². The number of aliphatic carboxylic acids is 1. The SMILES string of the molecule is O=C(N[C@H]1CC[C@@H](C(=O)O)C1)c1cc(-c2ccc(F)cc2)n[nH]1. The van der Waals surface area contributed by atoms with E-state index in [0.717, 1.165) is 0 Å². The highest BCUT2D eigenvalue weighted by molar-refractivity contribution is 5.93. The number of hydrogen-bond donors (Lipinski definition) is 3. The topological polar surface area (TPSA) is 95.1 Å². The van der Waals surface area contributed by atoms with Gasteiger partial charge in [-0.25, -0.2) is 4.39 Å². The van der Waals surface area contributed by atoms with E-state index in [1.165, 1.54) is 12.1 Å². The van der Waals surface area contributed by atoms with E-state index in [1.54, 1.807) is 18.2 Å². The number of carbonyl (C=O) groups excluding carboxylic acids is 1. The van der Waals surface area contributed by atoms with Crippen molar-refractivity contribution in [2.75, 3.05) is 0 Å². The van der Waals surface area contributed by atoms with Gasteiger partial charge in [-0.2, -0.15) is 5.10 Å². The minimum Gasteiger partial charge on any atom is -0.481 e. The Morgan fingerprint density at radius 3 is 2.65 bits per heavy atom. The van der Waals surface area contributed by atoms with Gasteiger partial charge in [0, 0.05) is 11.6 Å². The second-order valence-electron chi connectivity index (χ2n) is 5.69. The first-order chi connectivity index (χ1) is 11.0. The Labute approximate surface area is 131 Å². The van der Waals surface area contributed by atoms with Crippen LogP contribution in [0.25, 0.3) is 11.3 Å². The number of carboxylic acids is 1. The molecule has 1 heterocycles. The Kier molecular flexibility index (Phi) is 4.10. The summed E-state index contributed by atoms with van der Waals surface area (Å²) in [4.78, 5) is 23.1. The van der Waals surface area contributed by atoms with Gasteiger partial charge in [0.25, 0.3) is 5.91 Å². The van der Waals surface area contributed by atoms with Gasteiger partial charge in [0.1, 0.15) is 11.5 Å². The summed E-state index contributed by atoms with van der Waals surface area (Å²) in [6.07, 6.45) is 1.67. The first-order valence-corrected chi connectivity index (χ1v) is 7.38. The number of benzene rings is 1. The quantitative estimate of drug-likeness (QED) is 0.805. The molecule has 1 saturated carbocycles. The molecule has 1 aliphatic rings. The molecule has 0 aliphatic heterocycles. The average molecular weight is 317 g/mol. The molecule has 0 spiro atoms. The fraction of sp³-hybridized carbons (Fsp3) is 0.312. The van der Waals surface area contributed by atoms with Crippen molar-refractivity contribution in [2.24, 2.45) is 5.92 Å². The number of aromatic amines is 1. The lowest BCUT2D eigenvalue weighted by atomic mass is 10.1. The van der Waals surface area contributed by atoms with Crippen molar-refractivity contribution < 1.29 is 19.1 Å². The minimum absolute atomic E-state index is 0.138. The second-order valence-corrected chi connectivity index (χ2v) is 5.69. The van der Waals surface area contributed by atoms with Crippen LogP contribution in [0, 0.1) is 11.7 Å². The normalized spacial score (nSPS) is 20.4. The third-order valence-electron chi connectivity index (χ3n) is 4.08. The summed E-state index contributed by atoms with van der Waals surface area (Å²) in [5.74, 6) is -1.86. The summed E-state index contributed by atoms with van der Waals surface area (Å²) in [5.41, 5.74) is 1.54. The number of carboxylic acid groups (broad SMARTS) is 1. The molecule has 1 aromatic carbocycles. The molecule has 0 unspecified atom stereocenters. The van der Waals surface area contributed by atoms with E-state index in [-0.39, 0.29) is 17.8 Å². The highest BCUT2D eigenvalue weighted by Gasteiger charge is 2.30. The van der Waals surface area contributed by atoms with E-state index in [2.05, 4.69) is 15.5 Å². The Morgan fingerprint density at radius 2 is 2.00 bits per heavy atom. The third-order valence-corrected chi connectivity index (χ3v) is 4.08. The average Bonchev–Trinajstić information content (AvgIpc) is 3.17. The van der Waals surface area contributed by atoms with Crippen molar-refractivity contribution in [3.05, 3.63) is 41.8 Å². The lowest BCUT2D eigenvalue weighted by molar-refractivity contribution is -0.141. The number of amides is 1. The zero-order chi connectivity index (χ0) is 16.4. The van der Waals surface area contributed by atoms with Crippen molar-refractivity contribution in [3.63, 3.8) is 0 Å². The molecule has 3 rings (SSSR count). The molecule has 0 saturated heterocycles. The molecular weight excluding hydrogens is 301 g/mol. The zero-order valence-electron chi connectivity index (χ0n) is 12.3. The maximum Gasteiger partial charge on any atom is 0.306 e. The van der Waals surface area contributed by atoms with Crippen LogP contribution in [0.1, 0.15) is 29.8 Å². The van der Waals surface area contributed by atoms with Crippen molar-refractivity contribution in [1.29, 1.82) is 0 Å². The number of aromatic nitrogens is 2. The van der Waals surface area contributed by atoms with Crippen molar-refractivity contribution in [2.45, 2.75) is 25.3 Å². The van der Waals surface area contributed by atoms with Gasteiger partial charge in [-0.1, -0.05) is 0 Å². The number of hydrogen-bond acceptors (Lipinski definition) is 3. The van der Waals surface area contributed by atoms with E-state index in [9.17, 15) is 14.0 Å². The van der Waals surface area contributed by atoms with E-state index in [0.29, 0.717) is 36.2 Å². The number of nitrogens with zero attached hydrogens (tertiary/aromatic N) is 1. The van der Waals surface area contributed by atoms with Gasteiger partial charge in [0.05, 0.1) is 11.6 Å². The third kappa shape index (κ3) is 3.39. The molecule has 1 fully saturated rings. The first kappa shape index (κ1) is 15.2. The number of carbonyl (C=O) groups is 2. The lowest BCUT2D eigenvalue weighted by Gasteiger charge is -2.11. The Morgan fingerprint density at radius 1 is 1.26 bits per heavy atom. The van der Waals surface area contributed by atoms with Crippen LogP contribution in [0.15, 0.2) is 30.3 Å². The molecule has 0 bridgehead atoms. The van der Waals surface area contributed by atoms with Crippen molar-refractivity contribution >= 4 is 11.9 Å². The maximum absolute atomic E-state index is 12.9. The number of halogens is 1. The van der Waals surface area contributed by atoms with Gasteiger partial charge in [-0.05, 0) is 49.6 Å². The Balaban J connectivity index is 1.65. The molecule has 6 nitrogen and oxygen atoms in total. The van der Waals surface area contributed by atoms with Gasteiger partial charge in [0.2, 0.25) is 0 Å². The van der Waals surface area contributed by atoms with Crippen LogP contribution in [-0.4, -0.2) is 33.2 Å². The summed E-state index contributed by atoms with van der Waals surface area (Å²) < 4.78 is 12.9.